The van der Waals surface area contributed by atoms with Gasteiger partial charge in [-0.25, -0.2) is 4.79 Å². The molecule has 8 atom stereocenters. The molecule has 0 saturated heterocycles. The minimum Gasteiger partial charge on any atom is -0.508 e. The summed E-state index contributed by atoms with van der Waals surface area (Å²) in [6, 6.07) is 13.1. The molecule has 0 saturated carbocycles. The van der Waals surface area contributed by atoms with Crippen LogP contribution in [0.25, 0.3) is 0 Å². The van der Waals surface area contributed by atoms with Gasteiger partial charge >= 0.3 is 29.6 Å². The second kappa shape index (κ2) is 55.1. The third-order valence-electron chi connectivity index (χ3n) is 18.9. The zero-order chi connectivity index (χ0) is 87.6. The van der Waals surface area contributed by atoms with E-state index in [1.54, 1.807) is 60.7 Å². The number of amides is 12. The lowest BCUT2D eigenvalue weighted by atomic mass is 10.0. The van der Waals surface area contributed by atoms with Crippen LogP contribution in [0, 0.1) is 10.1 Å². The Morgan fingerprint density at radius 1 is 0.336 bits per heavy atom. The van der Waals surface area contributed by atoms with Crippen LogP contribution in [-0.4, -0.2) is 205 Å². The molecule has 119 heavy (non-hydrogen) atoms. The van der Waals surface area contributed by atoms with E-state index in [0.29, 0.717) is 48.9 Å². The van der Waals surface area contributed by atoms with Crippen LogP contribution in [0.5, 0.6) is 11.5 Å². The molecule has 0 aliphatic rings. The molecule has 12 amide bonds. The number of nitrogens with one attached hydrogen (secondary N) is 12. The van der Waals surface area contributed by atoms with Gasteiger partial charge in [-0.2, -0.15) is 0 Å². The molecule has 18 N–H and O–H groups in total. The third kappa shape index (κ3) is 41.2. The highest BCUT2D eigenvalue weighted by Crippen LogP contribution is 2.27. The van der Waals surface area contributed by atoms with E-state index in [2.05, 4.69) is 77.6 Å². The first-order valence-corrected chi connectivity index (χ1v) is 40.0. The first kappa shape index (κ1) is 98.8. The molecule has 0 unspecified atom stereocenters. The quantitative estimate of drug-likeness (QED) is 0.0171. The lowest BCUT2D eigenvalue weighted by Gasteiger charge is -2.27. The van der Waals surface area contributed by atoms with Crippen molar-refractivity contribution in [3.05, 3.63) is 135 Å². The monoisotopic (exact) mass is 1660 g/mol. The van der Waals surface area contributed by atoms with E-state index in [9.17, 15) is 117 Å². The van der Waals surface area contributed by atoms with Crippen molar-refractivity contribution in [1.29, 1.82) is 0 Å². The molecule has 0 radical (unpaired) electrons. The number of phenolic OH excluding ortho intramolecular Hbond substituents is 2. The fraction of sp³-hybridized carbons (Fsp3) is 0.512. The Labute approximate surface area is 688 Å². The zero-order valence-corrected chi connectivity index (χ0v) is 67.0. The number of benzene rings is 4. The number of nitrogens with zero attached hydrogens (tertiary/aromatic N) is 1. The second-order valence-corrected chi connectivity index (χ2v) is 28.8. The predicted octanol–water partition coefficient (Wildman–Crippen LogP) is 3.36. The number of carbonyl (C=O) groups is 16. The minimum atomic E-state index is -1.93. The summed E-state index contributed by atoms with van der Waals surface area (Å²) < 4.78 is 0. The van der Waals surface area contributed by atoms with Crippen LogP contribution in [-0.2, 0) is 102 Å². The van der Waals surface area contributed by atoms with Gasteiger partial charge in [0.2, 0.25) is 70.9 Å². The van der Waals surface area contributed by atoms with Gasteiger partial charge in [0, 0.05) is 70.5 Å². The van der Waals surface area contributed by atoms with Gasteiger partial charge in [-0.15, -0.1) is 0 Å². The maximum Gasteiger partial charge on any atom is 0.326 e. The fourth-order valence-electron chi connectivity index (χ4n) is 12.4. The summed E-state index contributed by atoms with van der Waals surface area (Å²) >= 11 is 0. The molecule has 650 valence electrons. The van der Waals surface area contributed by atoms with Crippen LogP contribution in [0.3, 0.4) is 0 Å². The minimum absolute atomic E-state index is 0.0231. The molecule has 0 heterocycles. The number of hydrogen-bond acceptors (Lipinski definition) is 20. The maximum absolute atomic E-state index is 15.0. The van der Waals surface area contributed by atoms with Crippen molar-refractivity contribution in [3.63, 3.8) is 0 Å². The first-order chi connectivity index (χ1) is 56.8. The van der Waals surface area contributed by atoms with Crippen LogP contribution in [0.4, 0.5) is 5.69 Å². The Bertz CT molecular complexity index is 4020. The summed E-state index contributed by atoms with van der Waals surface area (Å²) in [6.45, 7) is 2.59. The smallest absolute Gasteiger partial charge is 0.326 e. The van der Waals surface area contributed by atoms with Crippen molar-refractivity contribution in [3.8, 4) is 11.5 Å². The molecule has 0 aliphatic carbocycles. The van der Waals surface area contributed by atoms with E-state index in [4.69, 9.17) is 0 Å². The van der Waals surface area contributed by atoms with Gasteiger partial charge in [-0.05, 0) is 111 Å². The molecule has 0 aliphatic heterocycles. The number of phenols is 2. The number of nitro benzene ring substituents is 1. The van der Waals surface area contributed by atoms with Crippen LogP contribution in [0.1, 0.15) is 190 Å². The highest BCUT2D eigenvalue weighted by Gasteiger charge is 2.35. The fourth-order valence-corrected chi connectivity index (χ4v) is 12.4. The summed E-state index contributed by atoms with van der Waals surface area (Å²) in [5, 5.41) is 99.8. The van der Waals surface area contributed by atoms with E-state index in [0.717, 1.165) is 69.9 Å². The average Bonchev–Trinajstić information content (AvgIpc) is 0.851. The van der Waals surface area contributed by atoms with Crippen LogP contribution >= 0.6 is 0 Å². The molecular formula is C82H113N13O24. The molecule has 4 aromatic carbocycles. The topological polar surface area (TPSA) is 582 Å². The largest absolute Gasteiger partial charge is 0.508 e. The first-order valence-electron chi connectivity index (χ1n) is 40.0. The third-order valence-corrected chi connectivity index (χ3v) is 18.9. The summed E-state index contributed by atoms with van der Waals surface area (Å²) in [6.07, 6.45) is 5.32. The van der Waals surface area contributed by atoms with Gasteiger partial charge in [0.05, 0.1) is 24.4 Å². The maximum atomic E-state index is 15.0. The number of nitro groups is 1. The van der Waals surface area contributed by atoms with Crippen molar-refractivity contribution in [2.75, 3.05) is 26.2 Å². The van der Waals surface area contributed by atoms with E-state index in [1.165, 1.54) is 30.3 Å². The molecule has 37 nitrogen and oxygen atoms in total. The number of aliphatic carboxylic acids is 4. The van der Waals surface area contributed by atoms with Gasteiger partial charge in [0.1, 0.15) is 54.1 Å². The van der Waals surface area contributed by atoms with Gasteiger partial charge in [0.25, 0.3) is 0 Å². The summed E-state index contributed by atoms with van der Waals surface area (Å²) in [4.78, 5) is 224. The highest BCUT2D eigenvalue weighted by molar-refractivity contribution is 5.99. The molecule has 4 rings (SSSR count). The molecular weight excluding hydrogens is 1550 g/mol. The molecule has 4 aromatic rings. The van der Waals surface area contributed by atoms with Gasteiger partial charge in [-0.1, -0.05) is 144 Å². The summed E-state index contributed by atoms with van der Waals surface area (Å²) in [5.74, 6) is -17.4. The lowest BCUT2D eigenvalue weighted by Crippen LogP contribution is -2.60. The van der Waals surface area contributed by atoms with Crippen molar-refractivity contribution >= 4 is 100 Å². The normalized spacial score (nSPS) is 12.9. The van der Waals surface area contributed by atoms with E-state index in [1.807, 2.05) is 0 Å². The van der Waals surface area contributed by atoms with Crippen LogP contribution in [0.2, 0.25) is 0 Å². The van der Waals surface area contributed by atoms with E-state index >= 15 is 0 Å². The number of carboxylic acid groups (broad SMARTS) is 4. The molecule has 0 fully saturated rings. The molecule has 0 bridgehead atoms. The Hall–Kier alpha value is -12.6. The van der Waals surface area contributed by atoms with Crippen molar-refractivity contribution in [1.82, 2.24) is 63.8 Å². The SMILES string of the molecule is CCCCCCCC(=O)NCCCC[C@H](NC(=O)CCCCCCC)C(=O)N[C@@H](Cc1ccccc1)C(=O)N[C@@H](Cc1ccccc1)C(=O)N[C@@H](Cc1ccc(O)cc1)C(=O)NCC(=O)N[C@@H](CCC(=O)O)C(=O)N[C@@H](CCC(=O)O)C(=O)N[C@@H](CCC(=O)O)C(=O)NCC(=O)N[C@@H](CCCCNC(=O)Cc1ccc(O)c([N+](=O)[O-])c1)C(=O)O. The molecule has 0 aromatic heterocycles. The Morgan fingerprint density at radius 3 is 1.13 bits per heavy atom. The number of rotatable bonds is 60. The van der Waals surface area contributed by atoms with Gasteiger partial charge < -0.3 is 94.4 Å². The highest BCUT2D eigenvalue weighted by atomic mass is 16.6. The van der Waals surface area contributed by atoms with Crippen molar-refractivity contribution in [2.24, 2.45) is 0 Å². The van der Waals surface area contributed by atoms with Crippen molar-refractivity contribution in [2.45, 2.75) is 242 Å². The van der Waals surface area contributed by atoms with Gasteiger partial charge in [-0.3, -0.25) is 82.0 Å². The lowest BCUT2D eigenvalue weighted by molar-refractivity contribution is -0.385. The molecule has 37 heteroatoms. The number of hydrogen-bond donors (Lipinski definition) is 18. The number of aromatic hydroxyl groups is 2. The average molecular weight is 1660 g/mol. The summed E-state index contributed by atoms with van der Waals surface area (Å²) in [5.41, 5.74) is 1.11. The van der Waals surface area contributed by atoms with Crippen LogP contribution in [0.15, 0.2) is 103 Å². The standard InChI is InChI=1S/C82H113N13O24/c1-3-5-7-9-17-29-67(98)83-43-21-19-27-57(87-68(99)30-18-10-8-6-4-2)77(111)93-63(45-52-23-13-11-14-24-52)81(115)94-64(46-53-25-15-12-16-26-53)80(114)92-62(47-54-31-34-56(96)35-32-54)76(110)86-50-70(101)88-59(37-41-73(105)106)78(112)91-60(38-42-74(107)108)79(113)90-58(36-40-72(103)104)75(109)85-51-71(102)89-61(82(116)117)28-20-22-44-84-69(100)49-55-33-39-66(97)65(48-55)95(118)119/h11-16,23-26,31-35,39,48,57-64,96-97H,3-10,17-22,27-30,36-38,40-47,49-51H2,1-2H3,(H,83,98)(H,84,100)(H,85,109)(H,86,110)(H,87,99)(H,88,101)(H,89,102)(H,90,113)(H,91,112)(H,92,114)(H,93,111)(H,94,115)(H,103,104)(H,105,106)(H,107,108)(H,116,117)/t57-,58-,59-,60-,61-,62-,63-,64-/m0/s1. The Kier molecular flexibility index (Phi) is 45.7. The van der Waals surface area contributed by atoms with E-state index < -0.39 is 199 Å². The number of unbranched alkanes of at least 4 members (excludes halogenated alkanes) is 10. The Morgan fingerprint density at radius 2 is 0.689 bits per heavy atom. The van der Waals surface area contributed by atoms with E-state index in [-0.39, 0.29) is 87.5 Å². The number of carboxylic acids is 4. The summed E-state index contributed by atoms with van der Waals surface area (Å²) in [7, 11) is 0. The predicted molar refractivity (Wildman–Crippen MR) is 431 cm³/mol. The Balaban J connectivity index is 1.52. The van der Waals surface area contributed by atoms with Gasteiger partial charge in [0.15, 0.2) is 5.75 Å². The second-order valence-electron chi connectivity index (χ2n) is 28.8. The van der Waals surface area contributed by atoms with Crippen LogP contribution < -0.4 is 63.8 Å². The molecule has 0 spiro atoms. The van der Waals surface area contributed by atoms with Crippen molar-refractivity contribution < 1.29 is 112 Å². The zero-order valence-electron chi connectivity index (χ0n) is 67.0. The number of carbonyl (C=O) groups excluding carboxylic acids is 12.